The standard InChI is InChI=1S/C26H32O8/c1-12(2)16-11-17-18(21(32-14(4)28)19(16)31-13(3)27)26-10-8-9-25(6,7)23(26)22(33-15(5)29)20(17)34-24(26)30/h11-12,20,22-23H,8-10H2,1-7H3/t20-,22+,23+,26+/m1/s1. The van der Waals surface area contributed by atoms with Crippen molar-refractivity contribution in [3.63, 3.8) is 0 Å². The van der Waals surface area contributed by atoms with Crippen LogP contribution in [0.2, 0.25) is 0 Å². The third-order valence-electron chi connectivity index (χ3n) is 7.45. The average Bonchev–Trinajstić information content (AvgIpc) is 2.68. The monoisotopic (exact) mass is 472 g/mol. The van der Waals surface area contributed by atoms with E-state index >= 15 is 0 Å². The molecule has 0 aromatic heterocycles. The Labute approximate surface area is 199 Å². The first-order valence-electron chi connectivity index (χ1n) is 11.8. The van der Waals surface area contributed by atoms with Crippen LogP contribution >= 0.6 is 0 Å². The molecule has 0 unspecified atom stereocenters. The Morgan fingerprint density at radius 2 is 1.62 bits per heavy atom. The zero-order chi connectivity index (χ0) is 25.2. The van der Waals surface area contributed by atoms with Crippen LogP contribution in [0.5, 0.6) is 11.5 Å². The highest BCUT2D eigenvalue weighted by Gasteiger charge is 2.70. The smallest absolute Gasteiger partial charge is 0.317 e. The highest BCUT2D eigenvalue weighted by atomic mass is 16.6. The van der Waals surface area contributed by atoms with Crippen LogP contribution in [0.3, 0.4) is 0 Å². The Balaban J connectivity index is 2.12. The maximum atomic E-state index is 13.7. The fourth-order valence-electron chi connectivity index (χ4n) is 6.45. The van der Waals surface area contributed by atoms with Gasteiger partial charge in [0.05, 0.1) is 0 Å². The van der Waals surface area contributed by atoms with Crippen molar-refractivity contribution in [1.82, 2.24) is 0 Å². The van der Waals surface area contributed by atoms with Crippen LogP contribution in [0.1, 0.15) is 96.4 Å². The molecule has 2 aliphatic heterocycles. The van der Waals surface area contributed by atoms with Crippen molar-refractivity contribution >= 4 is 23.9 Å². The normalized spacial score (nSPS) is 28.5. The molecule has 1 aromatic carbocycles. The lowest BCUT2D eigenvalue weighted by atomic mass is 9.46. The lowest BCUT2D eigenvalue weighted by Gasteiger charge is -2.61. The van der Waals surface area contributed by atoms with Crippen molar-refractivity contribution in [2.75, 3.05) is 0 Å². The van der Waals surface area contributed by atoms with E-state index in [9.17, 15) is 19.2 Å². The highest BCUT2D eigenvalue weighted by molar-refractivity contribution is 5.91. The Morgan fingerprint density at radius 3 is 2.18 bits per heavy atom. The van der Waals surface area contributed by atoms with Gasteiger partial charge in [0.1, 0.15) is 11.5 Å². The number of ether oxygens (including phenoxy) is 4. The molecule has 1 aromatic rings. The van der Waals surface area contributed by atoms with E-state index in [1.807, 2.05) is 19.9 Å². The van der Waals surface area contributed by atoms with Crippen molar-refractivity contribution in [2.45, 2.75) is 91.3 Å². The maximum Gasteiger partial charge on any atom is 0.317 e. The van der Waals surface area contributed by atoms with Gasteiger partial charge in [-0.15, -0.1) is 0 Å². The zero-order valence-corrected chi connectivity index (χ0v) is 20.8. The quantitative estimate of drug-likeness (QED) is 0.473. The van der Waals surface area contributed by atoms with Crippen molar-refractivity contribution in [1.29, 1.82) is 0 Å². The van der Waals surface area contributed by atoms with E-state index in [2.05, 4.69) is 13.8 Å². The summed E-state index contributed by atoms with van der Waals surface area (Å²) in [6.45, 7) is 11.9. The molecule has 2 bridgehead atoms. The van der Waals surface area contributed by atoms with Gasteiger partial charge in [0.2, 0.25) is 0 Å². The number of benzene rings is 1. The number of hydrogen-bond acceptors (Lipinski definition) is 8. The van der Waals surface area contributed by atoms with E-state index in [4.69, 9.17) is 18.9 Å². The van der Waals surface area contributed by atoms with Crippen LogP contribution in [0, 0.1) is 11.3 Å². The first-order chi connectivity index (χ1) is 15.8. The van der Waals surface area contributed by atoms with Gasteiger partial charge in [-0.1, -0.05) is 34.1 Å². The van der Waals surface area contributed by atoms with E-state index in [0.29, 0.717) is 23.1 Å². The van der Waals surface area contributed by atoms with Crippen LogP contribution in [0.25, 0.3) is 0 Å². The van der Waals surface area contributed by atoms with Gasteiger partial charge >= 0.3 is 23.9 Å². The summed E-state index contributed by atoms with van der Waals surface area (Å²) in [5.74, 6) is -2.29. The van der Waals surface area contributed by atoms with Gasteiger partial charge < -0.3 is 18.9 Å². The van der Waals surface area contributed by atoms with Gasteiger partial charge in [0.25, 0.3) is 0 Å². The Hall–Kier alpha value is -2.90. The molecule has 1 spiro atoms. The van der Waals surface area contributed by atoms with Crippen LogP contribution in [-0.2, 0) is 34.1 Å². The fourth-order valence-corrected chi connectivity index (χ4v) is 6.45. The number of fused-ring (bicyclic) bond motifs is 1. The summed E-state index contributed by atoms with van der Waals surface area (Å²) >= 11 is 0. The van der Waals surface area contributed by atoms with E-state index in [1.165, 1.54) is 20.8 Å². The third kappa shape index (κ3) is 3.49. The van der Waals surface area contributed by atoms with E-state index in [0.717, 1.165) is 12.8 Å². The minimum absolute atomic E-state index is 0.0922. The van der Waals surface area contributed by atoms with Crippen molar-refractivity contribution < 1.29 is 38.1 Å². The average molecular weight is 473 g/mol. The van der Waals surface area contributed by atoms with Gasteiger partial charge in [-0.05, 0) is 30.2 Å². The topological polar surface area (TPSA) is 105 Å². The molecule has 2 aliphatic carbocycles. The molecule has 0 N–H and O–H groups in total. The fraction of sp³-hybridized carbons (Fsp3) is 0.615. The SMILES string of the molecule is CC(=O)Oc1c(C(C)C)cc2c(c1OC(C)=O)[C@@]13CCCC(C)(C)[C@@H]1[C@@H](OC(C)=O)[C@@H]2OC3=O. The highest BCUT2D eigenvalue weighted by Crippen LogP contribution is 2.67. The number of esters is 4. The summed E-state index contributed by atoms with van der Waals surface area (Å²) in [5.41, 5.74) is 0.209. The lowest BCUT2D eigenvalue weighted by Crippen LogP contribution is -2.66. The molecular weight excluding hydrogens is 440 g/mol. The summed E-state index contributed by atoms with van der Waals surface area (Å²) in [6, 6.07) is 1.85. The zero-order valence-electron chi connectivity index (χ0n) is 20.8. The molecule has 8 nitrogen and oxygen atoms in total. The van der Waals surface area contributed by atoms with Crippen LogP contribution in [-0.4, -0.2) is 30.0 Å². The third-order valence-corrected chi connectivity index (χ3v) is 7.45. The molecule has 2 heterocycles. The second kappa shape index (κ2) is 8.10. The van der Waals surface area contributed by atoms with Crippen LogP contribution < -0.4 is 9.47 Å². The van der Waals surface area contributed by atoms with E-state index < -0.39 is 47.4 Å². The molecule has 1 saturated heterocycles. The predicted molar refractivity (Wildman–Crippen MR) is 120 cm³/mol. The second-order valence-corrected chi connectivity index (χ2v) is 10.6. The maximum absolute atomic E-state index is 13.7. The minimum Gasteiger partial charge on any atom is -0.458 e. The van der Waals surface area contributed by atoms with Crippen LogP contribution in [0.15, 0.2) is 6.07 Å². The first-order valence-corrected chi connectivity index (χ1v) is 11.8. The number of rotatable bonds is 4. The van der Waals surface area contributed by atoms with Crippen molar-refractivity contribution in [3.05, 3.63) is 22.8 Å². The molecule has 1 saturated carbocycles. The van der Waals surface area contributed by atoms with Crippen LogP contribution in [0.4, 0.5) is 0 Å². The Bertz CT molecular complexity index is 1080. The number of hydrogen-bond donors (Lipinski definition) is 0. The minimum atomic E-state index is -1.21. The number of carbonyl (C=O) groups is 4. The Morgan fingerprint density at radius 1 is 1.00 bits per heavy atom. The van der Waals surface area contributed by atoms with Crippen molar-refractivity contribution in [2.24, 2.45) is 11.3 Å². The summed E-state index contributed by atoms with van der Waals surface area (Å²) in [5, 5.41) is 0. The Kier molecular flexibility index (Phi) is 5.77. The van der Waals surface area contributed by atoms with E-state index in [-0.39, 0.29) is 22.8 Å². The summed E-state index contributed by atoms with van der Waals surface area (Å²) in [4.78, 5) is 50.1. The molecule has 0 amide bonds. The predicted octanol–water partition coefficient (Wildman–Crippen LogP) is 4.27. The van der Waals surface area contributed by atoms with Gasteiger partial charge in [0, 0.05) is 43.4 Å². The molecular formula is C26H32O8. The molecule has 0 radical (unpaired) electrons. The molecule has 8 heteroatoms. The van der Waals surface area contributed by atoms with Gasteiger partial charge in [-0.25, -0.2) is 0 Å². The second-order valence-electron chi connectivity index (χ2n) is 10.6. The van der Waals surface area contributed by atoms with Gasteiger partial charge in [-0.2, -0.15) is 0 Å². The van der Waals surface area contributed by atoms with Crippen molar-refractivity contribution in [3.8, 4) is 11.5 Å². The summed E-state index contributed by atoms with van der Waals surface area (Å²) in [6.07, 6.45) is 0.461. The molecule has 184 valence electrons. The molecule has 5 rings (SSSR count). The first kappa shape index (κ1) is 24.2. The summed E-state index contributed by atoms with van der Waals surface area (Å²) < 4.78 is 23.1. The molecule has 4 atom stereocenters. The van der Waals surface area contributed by atoms with Gasteiger partial charge in [0.15, 0.2) is 17.6 Å². The number of carbonyl (C=O) groups excluding carboxylic acids is 4. The van der Waals surface area contributed by atoms with E-state index in [1.54, 1.807) is 0 Å². The molecule has 2 fully saturated rings. The lowest BCUT2D eigenvalue weighted by molar-refractivity contribution is -0.222. The largest absolute Gasteiger partial charge is 0.458 e. The summed E-state index contributed by atoms with van der Waals surface area (Å²) in [7, 11) is 0. The molecule has 34 heavy (non-hydrogen) atoms. The van der Waals surface area contributed by atoms with Gasteiger partial charge in [-0.3, -0.25) is 19.2 Å². The molecule has 4 aliphatic rings.